The van der Waals surface area contributed by atoms with E-state index in [4.69, 9.17) is 0 Å². The van der Waals surface area contributed by atoms with Crippen LogP contribution >= 0.6 is 0 Å². The Morgan fingerprint density at radius 2 is 0.970 bits per heavy atom. The van der Waals surface area contributed by atoms with Crippen molar-refractivity contribution in [1.29, 1.82) is 0 Å². The molecule has 0 saturated carbocycles. The zero-order chi connectivity index (χ0) is 21.9. The molecule has 4 aromatic rings. The van der Waals surface area contributed by atoms with Crippen molar-refractivity contribution < 1.29 is 26.2 Å². The van der Waals surface area contributed by atoms with Crippen LogP contribution in [-0.2, 0) is 26.2 Å². The van der Waals surface area contributed by atoms with Gasteiger partial charge in [-0.25, -0.2) is 0 Å². The van der Waals surface area contributed by atoms with Crippen molar-refractivity contribution in [3.8, 4) is 22.3 Å². The fraction of sp³-hybridized carbons (Fsp3) is 0.125. The average Bonchev–Trinajstić information content (AvgIpc) is 3.34. The minimum absolute atomic E-state index is 0. The number of hydrogen-bond acceptors (Lipinski definition) is 0. The summed E-state index contributed by atoms with van der Waals surface area (Å²) in [5.74, 6) is 0.898. The fourth-order valence-corrected chi connectivity index (χ4v) is 5.17. The largest absolute Gasteiger partial charge is 2.00 e. The summed E-state index contributed by atoms with van der Waals surface area (Å²) in [6, 6.07) is 36.5. The van der Waals surface area contributed by atoms with Gasteiger partial charge in [-0.3, -0.25) is 0 Å². The van der Waals surface area contributed by atoms with Crippen LogP contribution in [-0.4, -0.2) is 0 Å². The summed E-state index contributed by atoms with van der Waals surface area (Å²) in [5.41, 5.74) is 10.9. The predicted molar refractivity (Wildman–Crippen MR) is 135 cm³/mol. The summed E-state index contributed by atoms with van der Waals surface area (Å²) in [5, 5.41) is 0. The van der Waals surface area contributed by atoms with Crippen LogP contribution in [0.15, 0.2) is 110 Å². The number of rotatable bonds is 4. The van der Waals surface area contributed by atoms with Crippen molar-refractivity contribution in [2.75, 3.05) is 0 Å². The summed E-state index contributed by atoms with van der Waals surface area (Å²) >= 11 is 0. The molecule has 6 rings (SSSR count). The van der Waals surface area contributed by atoms with Crippen molar-refractivity contribution in [3.05, 3.63) is 145 Å². The Balaban J connectivity index is 0.000000152. The van der Waals surface area contributed by atoms with E-state index in [0.29, 0.717) is 11.8 Å². The Morgan fingerprint density at radius 1 is 0.576 bits per heavy atom. The minimum Gasteiger partial charge on any atom is -0.179 e. The number of allylic oxidation sites excluding steroid dienone is 2. The predicted octanol–water partition coefficient (Wildman–Crippen LogP) is 8.35. The molecule has 0 heterocycles. The Bertz CT molecular complexity index is 1090. The molecule has 158 valence electrons. The summed E-state index contributed by atoms with van der Waals surface area (Å²) in [4.78, 5) is 0. The first-order chi connectivity index (χ1) is 15.8. The summed E-state index contributed by atoms with van der Waals surface area (Å²) in [6.45, 7) is 7.71. The van der Waals surface area contributed by atoms with Gasteiger partial charge in [0.1, 0.15) is 0 Å². The third-order valence-corrected chi connectivity index (χ3v) is 6.53. The molecular formula is C32H26Zr. The first kappa shape index (κ1) is 23.4. The van der Waals surface area contributed by atoms with Crippen LogP contribution in [0.2, 0.25) is 0 Å². The van der Waals surface area contributed by atoms with E-state index < -0.39 is 0 Å². The van der Waals surface area contributed by atoms with Crippen molar-refractivity contribution in [2.24, 2.45) is 0 Å². The maximum atomic E-state index is 3.86. The van der Waals surface area contributed by atoms with Gasteiger partial charge in [0.15, 0.2) is 0 Å². The van der Waals surface area contributed by atoms with E-state index >= 15 is 0 Å². The van der Waals surface area contributed by atoms with Crippen LogP contribution in [0.1, 0.15) is 46.9 Å². The van der Waals surface area contributed by atoms with Crippen molar-refractivity contribution in [2.45, 2.75) is 24.7 Å². The fourth-order valence-electron chi connectivity index (χ4n) is 5.17. The Kier molecular flexibility index (Phi) is 7.41. The van der Waals surface area contributed by atoms with Gasteiger partial charge < -0.3 is 0 Å². The maximum Gasteiger partial charge on any atom is 2.00 e. The number of fused-ring (bicyclic) bond motifs is 6. The number of hydrogen-bond donors (Lipinski definition) is 0. The molecule has 2 aliphatic carbocycles. The molecular weight excluding hydrogens is 476 g/mol. The Hall–Kier alpha value is -2.76. The first-order valence-corrected chi connectivity index (χ1v) is 11.2. The molecule has 0 radical (unpaired) electrons. The van der Waals surface area contributed by atoms with Gasteiger partial charge in [0.25, 0.3) is 0 Å². The van der Waals surface area contributed by atoms with E-state index in [0.717, 1.165) is 12.8 Å². The molecule has 4 aromatic carbocycles. The van der Waals surface area contributed by atoms with E-state index in [1.165, 1.54) is 44.5 Å². The van der Waals surface area contributed by atoms with Crippen molar-refractivity contribution >= 4 is 0 Å². The second kappa shape index (κ2) is 10.5. The van der Waals surface area contributed by atoms with E-state index in [9.17, 15) is 0 Å². The van der Waals surface area contributed by atoms with E-state index in [1.54, 1.807) is 0 Å². The zero-order valence-corrected chi connectivity index (χ0v) is 21.2. The van der Waals surface area contributed by atoms with Gasteiger partial charge in [0.2, 0.25) is 0 Å². The van der Waals surface area contributed by atoms with Gasteiger partial charge in [0.05, 0.1) is 0 Å². The molecule has 0 N–H and O–H groups in total. The van der Waals surface area contributed by atoms with Crippen LogP contribution in [0.4, 0.5) is 0 Å². The third kappa shape index (κ3) is 4.28. The summed E-state index contributed by atoms with van der Waals surface area (Å²) < 4.78 is 0. The first-order valence-electron chi connectivity index (χ1n) is 11.2. The monoisotopic (exact) mass is 500 g/mol. The van der Waals surface area contributed by atoms with Crippen LogP contribution in [0.25, 0.3) is 22.3 Å². The standard InChI is InChI=1S/2C16H13.Zr/c2*1-2-7-12-13-8-3-5-10-15(13)16-11-6-4-9-14(12)16;/h2*2-6,8,10-12H,1,7H2;/q2*-1;+2. The molecule has 0 saturated heterocycles. The minimum atomic E-state index is 0. The molecule has 33 heavy (non-hydrogen) atoms. The molecule has 0 fully saturated rings. The van der Waals surface area contributed by atoms with Crippen LogP contribution in [0, 0.1) is 12.1 Å². The molecule has 0 aliphatic heterocycles. The normalized spacial score (nSPS) is 16.1. The van der Waals surface area contributed by atoms with Gasteiger partial charge in [-0.05, 0) is 35.8 Å². The molecule has 2 aliphatic rings. The maximum absolute atomic E-state index is 3.86. The average molecular weight is 502 g/mol. The number of benzene rings is 4. The molecule has 0 nitrogen and oxygen atoms in total. The molecule has 1 heteroatoms. The molecule has 2 unspecified atom stereocenters. The topological polar surface area (TPSA) is 0 Å². The Labute approximate surface area is 216 Å². The molecule has 0 spiro atoms. The zero-order valence-electron chi connectivity index (χ0n) is 18.7. The van der Waals surface area contributed by atoms with Gasteiger partial charge in [-0.15, -0.1) is 35.4 Å². The van der Waals surface area contributed by atoms with Crippen molar-refractivity contribution in [1.82, 2.24) is 0 Å². The van der Waals surface area contributed by atoms with E-state index in [2.05, 4.69) is 98.1 Å². The summed E-state index contributed by atoms with van der Waals surface area (Å²) in [7, 11) is 0. The Morgan fingerprint density at radius 3 is 1.39 bits per heavy atom. The molecule has 0 amide bonds. The van der Waals surface area contributed by atoms with Gasteiger partial charge in [0, 0.05) is 0 Å². The van der Waals surface area contributed by atoms with E-state index in [1.807, 2.05) is 24.3 Å². The third-order valence-electron chi connectivity index (χ3n) is 6.53. The van der Waals surface area contributed by atoms with Gasteiger partial charge in [-0.1, -0.05) is 71.8 Å². The summed E-state index contributed by atoms with van der Waals surface area (Å²) in [6.07, 6.45) is 5.98. The van der Waals surface area contributed by atoms with Crippen molar-refractivity contribution in [3.63, 3.8) is 0 Å². The SMILES string of the molecule is C=CCC1c2[c-]cccc2-c2ccccc21.C=CCC1c2[c-]cccc2-c2ccccc21.[Zr+2]. The molecule has 0 bridgehead atoms. The second-order valence-corrected chi connectivity index (χ2v) is 8.32. The molecule has 2 atom stereocenters. The van der Waals surface area contributed by atoms with E-state index in [-0.39, 0.29) is 26.2 Å². The van der Waals surface area contributed by atoms with Gasteiger partial charge >= 0.3 is 26.2 Å². The van der Waals surface area contributed by atoms with Crippen LogP contribution in [0.5, 0.6) is 0 Å². The molecule has 0 aromatic heterocycles. The van der Waals surface area contributed by atoms with Gasteiger partial charge in [-0.2, -0.15) is 48.5 Å². The smallest absolute Gasteiger partial charge is 0.179 e. The second-order valence-electron chi connectivity index (χ2n) is 8.32. The van der Waals surface area contributed by atoms with Crippen LogP contribution in [0.3, 0.4) is 0 Å². The quantitative estimate of drug-likeness (QED) is 0.195. The van der Waals surface area contributed by atoms with Crippen LogP contribution < -0.4 is 0 Å².